The van der Waals surface area contributed by atoms with Crippen LogP contribution in [0.2, 0.25) is 10.0 Å². The number of rotatable bonds is 1. The van der Waals surface area contributed by atoms with Crippen LogP contribution in [0, 0.1) is 11.8 Å². The lowest BCUT2D eigenvalue weighted by atomic mass is 9.78. The molecule has 3 unspecified atom stereocenters. The van der Waals surface area contributed by atoms with Gasteiger partial charge in [-0.15, -0.1) is 0 Å². The summed E-state index contributed by atoms with van der Waals surface area (Å²) in [4.78, 5) is 14.5. The third-order valence-corrected chi connectivity index (χ3v) is 5.35. The molecule has 1 heterocycles. The van der Waals surface area contributed by atoms with Crippen LogP contribution in [0.5, 0.6) is 0 Å². The van der Waals surface area contributed by atoms with Crippen molar-refractivity contribution in [3.05, 3.63) is 33.8 Å². The van der Waals surface area contributed by atoms with Gasteiger partial charge in [0.1, 0.15) is 0 Å². The van der Waals surface area contributed by atoms with Crippen LogP contribution in [0.25, 0.3) is 0 Å². The number of amides is 1. The second-order valence-electron chi connectivity index (χ2n) is 5.86. The van der Waals surface area contributed by atoms with Gasteiger partial charge in [0, 0.05) is 24.7 Å². The van der Waals surface area contributed by atoms with Gasteiger partial charge in [0.25, 0.3) is 5.91 Å². The van der Waals surface area contributed by atoms with E-state index >= 15 is 0 Å². The highest BCUT2D eigenvalue weighted by molar-refractivity contribution is 6.42. The van der Waals surface area contributed by atoms with Crippen molar-refractivity contribution >= 4 is 29.1 Å². The quantitative estimate of drug-likeness (QED) is 0.865. The summed E-state index contributed by atoms with van der Waals surface area (Å²) in [6.45, 7) is 1.59. The fourth-order valence-corrected chi connectivity index (χ4v) is 3.79. The Kier molecular flexibility index (Phi) is 3.93. The molecule has 2 fully saturated rings. The van der Waals surface area contributed by atoms with E-state index in [2.05, 4.69) is 0 Å². The van der Waals surface area contributed by atoms with Crippen molar-refractivity contribution in [3.8, 4) is 0 Å². The third kappa shape index (κ3) is 2.54. The Morgan fingerprint density at radius 2 is 2.00 bits per heavy atom. The minimum absolute atomic E-state index is 0.0326. The summed E-state index contributed by atoms with van der Waals surface area (Å²) < 4.78 is 0. The number of nitrogens with zero attached hydrogens (tertiary/aromatic N) is 1. The zero-order valence-electron chi connectivity index (χ0n) is 11.2. The zero-order valence-corrected chi connectivity index (χ0v) is 12.7. The number of likely N-dealkylation sites (tertiary alicyclic amines) is 1. The van der Waals surface area contributed by atoms with Crippen molar-refractivity contribution in [1.82, 2.24) is 4.90 Å². The van der Waals surface area contributed by atoms with Crippen molar-refractivity contribution < 1.29 is 4.79 Å². The SMILES string of the molecule is NC1CCCC2CN(C(=O)c3ccc(Cl)c(Cl)c3)CC12. The predicted octanol–water partition coefficient (Wildman–Crippen LogP) is 3.19. The van der Waals surface area contributed by atoms with Crippen molar-refractivity contribution in [2.45, 2.75) is 25.3 Å². The second-order valence-corrected chi connectivity index (χ2v) is 6.67. The Bertz CT molecular complexity index is 535. The number of nitrogens with two attached hydrogens (primary N) is 1. The van der Waals surface area contributed by atoms with Gasteiger partial charge in [-0.2, -0.15) is 0 Å². The molecule has 1 saturated heterocycles. The third-order valence-electron chi connectivity index (χ3n) is 4.61. The summed E-state index contributed by atoms with van der Waals surface area (Å²) in [5, 5.41) is 0.895. The van der Waals surface area contributed by atoms with Crippen LogP contribution in [0.1, 0.15) is 29.6 Å². The zero-order chi connectivity index (χ0) is 14.3. The standard InChI is InChI=1S/C15H18Cl2N2O/c16-12-5-4-9(6-13(12)17)15(20)19-7-10-2-1-3-14(18)11(10)8-19/h4-6,10-11,14H,1-3,7-8,18H2. The fourth-order valence-electron chi connectivity index (χ4n) is 3.49. The molecule has 1 aliphatic heterocycles. The second kappa shape index (κ2) is 5.55. The number of carbonyl (C=O) groups excluding carboxylic acids is 1. The van der Waals surface area contributed by atoms with Gasteiger partial charge in [0.2, 0.25) is 0 Å². The van der Waals surface area contributed by atoms with E-state index in [0.717, 1.165) is 19.5 Å². The van der Waals surface area contributed by atoms with Gasteiger partial charge in [-0.1, -0.05) is 29.6 Å². The topological polar surface area (TPSA) is 46.3 Å². The van der Waals surface area contributed by atoms with Crippen LogP contribution >= 0.6 is 23.2 Å². The summed E-state index contributed by atoms with van der Waals surface area (Å²) in [7, 11) is 0. The van der Waals surface area contributed by atoms with E-state index in [9.17, 15) is 4.79 Å². The van der Waals surface area contributed by atoms with Gasteiger partial charge >= 0.3 is 0 Å². The summed E-state index contributed by atoms with van der Waals surface area (Å²) in [6.07, 6.45) is 3.44. The number of hydrogen-bond donors (Lipinski definition) is 1. The molecule has 3 atom stereocenters. The molecule has 3 nitrogen and oxygen atoms in total. The Morgan fingerprint density at radius 1 is 1.20 bits per heavy atom. The lowest BCUT2D eigenvalue weighted by Crippen LogP contribution is -2.38. The summed E-state index contributed by atoms with van der Waals surface area (Å²) >= 11 is 11.9. The van der Waals surface area contributed by atoms with Crippen molar-refractivity contribution in [1.29, 1.82) is 0 Å². The summed E-state index contributed by atoms with van der Waals surface area (Å²) in [6, 6.07) is 5.29. The van der Waals surface area contributed by atoms with Crippen molar-refractivity contribution in [3.63, 3.8) is 0 Å². The Hall–Kier alpha value is -0.770. The van der Waals surface area contributed by atoms with Gasteiger partial charge < -0.3 is 10.6 Å². The van der Waals surface area contributed by atoms with Crippen molar-refractivity contribution in [2.75, 3.05) is 13.1 Å². The Balaban J connectivity index is 1.76. The molecule has 1 amide bonds. The lowest BCUT2D eigenvalue weighted by Gasteiger charge is -2.29. The predicted molar refractivity (Wildman–Crippen MR) is 81.2 cm³/mol. The maximum absolute atomic E-state index is 12.5. The van der Waals surface area contributed by atoms with Gasteiger partial charge in [0.05, 0.1) is 10.0 Å². The number of carbonyl (C=O) groups is 1. The molecule has 2 N–H and O–H groups in total. The van der Waals surface area contributed by atoms with E-state index in [-0.39, 0.29) is 11.9 Å². The number of hydrogen-bond acceptors (Lipinski definition) is 2. The van der Waals surface area contributed by atoms with E-state index in [1.165, 1.54) is 12.8 Å². The molecule has 108 valence electrons. The maximum Gasteiger partial charge on any atom is 0.253 e. The van der Waals surface area contributed by atoms with E-state index < -0.39 is 0 Å². The first-order valence-electron chi connectivity index (χ1n) is 7.06. The normalized spacial score (nSPS) is 29.4. The highest BCUT2D eigenvalue weighted by Crippen LogP contribution is 2.36. The van der Waals surface area contributed by atoms with Crippen LogP contribution < -0.4 is 5.73 Å². The van der Waals surface area contributed by atoms with Crippen LogP contribution in [-0.2, 0) is 0 Å². The molecule has 5 heteroatoms. The van der Waals surface area contributed by atoms with Crippen molar-refractivity contribution in [2.24, 2.45) is 17.6 Å². The number of fused-ring (bicyclic) bond motifs is 1. The smallest absolute Gasteiger partial charge is 0.253 e. The minimum Gasteiger partial charge on any atom is -0.338 e. The molecule has 1 aromatic rings. The van der Waals surface area contributed by atoms with E-state index in [0.29, 0.717) is 27.4 Å². The molecule has 20 heavy (non-hydrogen) atoms. The first kappa shape index (κ1) is 14.2. The molecular weight excluding hydrogens is 295 g/mol. The fraction of sp³-hybridized carbons (Fsp3) is 0.533. The monoisotopic (exact) mass is 312 g/mol. The molecule has 1 aromatic carbocycles. The average molecular weight is 313 g/mol. The molecular formula is C15H18Cl2N2O. The van der Waals surface area contributed by atoms with E-state index in [1.807, 2.05) is 4.90 Å². The Labute approximate surface area is 129 Å². The molecule has 0 aromatic heterocycles. The maximum atomic E-state index is 12.5. The van der Waals surface area contributed by atoms with E-state index in [1.54, 1.807) is 18.2 Å². The average Bonchev–Trinajstić information content (AvgIpc) is 2.86. The Morgan fingerprint density at radius 3 is 2.70 bits per heavy atom. The van der Waals surface area contributed by atoms with Gasteiger partial charge in [0.15, 0.2) is 0 Å². The molecule has 0 radical (unpaired) electrons. The van der Waals surface area contributed by atoms with Gasteiger partial charge in [-0.25, -0.2) is 0 Å². The highest BCUT2D eigenvalue weighted by Gasteiger charge is 2.40. The summed E-state index contributed by atoms with van der Waals surface area (Å²) in [5.41, 5.74) is 6.79. The molecule has 1 saturated carbocycles. The summed E-state index contributed by atoms with van der Waals surface area (Å²) in [5.74, 6) is 1.05. The first-order chi connectivity index (χ1) is 9.56. The minimum atomic E-state index is 0.0326. The number of halogens is 2. The van der Waals surface area contributed by atoms with Gasteiger partial charge in [-0.05, 0) is 42.9 Å². The molecule has 0 spiro atoms. The molecule has 0 bridgehead atoms. The van der Waals surface area contributed by atoms with Crippen LogP contribution in [0.4, 0.5) is 0 Å². The van der Waals surface area contributed by atoms with Crippen LogP contribution in [-0.4, -0.2) is 29.9 Å². The van der Waals surface area contributed by atoms with E-state index in [4.69, 9.17) is 28.9 Å². The van der Waals surface area contributed by atoms with Crippen LogP contribution in [0.3, 0.4) is 0 Å². The molecule has 3 rings (SSSR count). The number of benzene rings is 1. The van der Waals surface area contributed by atoms with Gasteiger partial charge in [-0.3, -0.25) is 4.79 Å². The first-order valence-corrected chi connectivity index (χ1v) is 7.82. The largest absolute Gasteiger partial charge is 0.338 e. The molecule has 2 aliphatic rings. The lowest BCUT2D eigenvalue weighted by molar-refractivity contribution is 0.0783. The van der Waals surface area contributed by atoms with Crippen LogP contribution in [0.15, 0.2) is 18.2 Å². The highest BCUT2D eigenvalue weighted by atomic mass is 35.5. The molecule has 1 aliphatic carbocycles.